The van der Waals surface area contributed by atoms with E-state index in [4.69, 9.17) is 0 Å². The highest BCUT2D eigenvalue weighted by atomic mass is 15.1. The van der Waals surface area contributed by atoms with E-state index < -0.39 is 0 Å². The summed E-state index contributed by atoms with van der Waals surface area (Å²) in [5.74, 6) is 0. The summed E-state index contributed by atoms with van der Waals surface area (Å²) in [7, 11) is 0. The van der Waals surface area contributed by atoms with Crippen molar-refractivity contribution >= 4 is 10.9 Å². The van der Waals surface area contributed by atoms with Gasteiger partial charge in [0, 0.05) is 18.1 Å². The van der Waals surface area contributed by atoms with Gasteiger partial charge in [0.25, 0.3) is 0 Å². The highest BCUT2D eigenvalue weighted by molar-refractivity contribution is 5.81. The molecule has 3 nitrogen and oxygen atoms in total. The first kappa shape index (κ1) is 13.1. The zero-order valence-electron chi connectivity index (χ0n) is 11.8. The van der Waals surface area contributed by atoms with Gasteiger partial charge in [0.15, 0.2) is 0 Å². The van der Waals surface area contributed by atoms with E-state index in [1.807, 2.05) is 12.3 Å². The minimum absolute atomic E-state index is 0.131. The van der Waals surface area contributed by atoms with Crippen LogP contribution in [0.3, 0.4) is 0 Å². The third-order valence-corrected chi connectivity index (χ3v) is 4.34. The Morgan fingerprint density at radius 3 is 2.75 bits per heavy atom. The topological polar surface area (TPSA) is 39.9 Å². The minimum Gasteiger partial charge on any atom is -0.299 e. The Morgan fingerprint density at radius 1 is 1.25 bits per heavy atom. The molecule has 3 heteroatoms. The van der Waals surface area contributed by atoms with Crippen molar-refractivity contribution in [3.8, 4) is 6.07 Å². The molecule has 0 radical (unpaired) electrons. The van der Waals surface area contributed by atoms with Gasteiger partial charge >= 0.3 is 0 Å². The third-order valence-electron chi connectivity index (χ3n) is 4.34. The van der Waals surface area contributed by atoms with Gasteiger partial charge in [-0.05, 0) is 44.5 Å². The number of fused-ring (bicyclic) bond motifs is 1. The van der Waals surface area contributed by atoms with Crippen molar-refractivity contribution in [3.63, 3.8) is 0 Å². The number of hydrogen-bond acceptors (Lipinski definition) is 3. The van der Waals surface area contributed by atoms with Crippen LogP contribution in [0.2, 0.25) is 0 Å². The van der Waals surface area contributed by atoms with Crippen molar-refractivity contribution in [1.29, 1.82) is 5.26 Å². The monoisotopic (exact) mass is 265 g/mol. The number of pyridine rings is 1. The smallest absolute Gasteiger partial charge is 0.0746 e. The van der Waals surface area contributed by atoms with Crippen molar-refractivity contribution in [2.75, 3.05) is 13.1 Å². The fourth-order valence-electron chi connectivity index (χ4n) is 2.85. The highest BCUT2D eigenvalue weighted by Gasteiger charge is 2.29. The van der Waals surface area contributed by atoms with E-state index in [2.05, 4.69) is 47.1 Å². The van der Waals surface area contributed by atoms with Gasteiger partial charge in [0.2, 0.25) is 0 Å². The van der Waals surface area contributed by atoms with Crippen LogP contribution in [0, 0.1) is 16.7 Å². The average molecular weight is 265 g/mol. The number of rotatable bonds is 2. The normalized spacial score (nSPS) is 18.8. The van der Waals surface area contributed by atoms with Crippen molar-refractivity contribution in [1.82, 2.24) is 9.88 Å². The fourth-order valence-corrected chi connectivity index (χ4v) is 2.85. The molecule has 2 aromatic rings. The average Bonchev–Trinajstić information content (AvgIpc) is 2.50. The number of benzene rings is 1. The Hall–Kier alpha value is -1.92. The Bertz CT molecular complexity index is 643. The van der Waals surface area contributed by atoms with Crippen molar-refractivity contribution in [3.05, 3.63) is 42.1 Å². The molecule has 1 aromatic heterocycles. The lowest BCUT2D eigenvalue weighted by Gasteiger charge is -2.35. The Kier molecular flexibility index (Phi) is 3.42. The number of aromatic nitrogens is 1. The second kappa shape index (κ2) is 5.22. The Balaban J connectivity index is 1.77. The van der Waals surface area contributed by atoms with Gasteiger partial charge in [0.05, 0.1) is 17.0 Å². The molecule has 0 atom stereocenters. The standard InChI is InChI=1S/C17H19N3/c1-17(13-18)7-10-20(11-8-17)12-15-5-2-4-14-6-3-9-19-16(14)15/h2-6,9H,7-8,10-12H2,1H3. The molecule has 1 fully saturated rings. The number of likely N-dealkylation sites (tertiary alicyclic amines) is 1. The second-order valence-electron chi connectivity index (χ2n) is 5.94. The number of nitriles is 1. The first-order chi connectivity index (χ1) is 9.70. The molecule has 0 bridgehead atoms. The first-order valence-electron chi connectivity index (χ1n) is 7.16. The van der Waals surface area contributed by atoms with Crippen LogP contribution in [0.5, 0.6) is 0 Å². The van der Waals surface area contributed by atoms with Crippen LogP contribution in [0.4, 0.5) is 0 Å². The zero-order valence-corrected chi connectivity index (χ0v) is 11.8. The summed E-state index contributed by atoms with van der Waals surface area (Å²) in [6.45, 7) is 4.99. The lowest BCUT2D eigenvalue weighted by molar-refractivity contribution is 0.151. The quantitative estimate of drug-likeness (QED) is 0.836. The summed E-state index contributed by atoms with van der Waals surface area (Å²) in [4.78, 5) is 6.95. The lowest BCUT2D eigenvalue weighted by atomic mass is 9.82. The summed E-state index contributed by atoms with van der Waals surface area (Å²) >= 11 is 0. The molecule has 0 unspecified atom stereocenters. The second-order valence-corrected chi connectivity index (χ2v) is 5.94. The van der Waals surface area contributed by atoms with E-state index in [-0.39, 0.29) is 5.41 Å². The fraction of sp³-hybridized carbons (Fsp3) is 0.412. The van der Waals surface area contributed by atoms with Crippen LogP contribution in [0.15, 0.2) is 36.5 Å². The first-order valence-corrected chi connectivity index (χ1v) is 7.16. The van der Waals surface area contributed by atoms with Crippen LogP contribution in [0.1, 0.15) is 25.3 Å². The van der Waals surface area contributed by atoms with Gasteiger partial charge in [0.1, 0.15) is 0 Å². The molecule has 3 rings (SSSR count). The number of piperidine rings is 1. The van der Waals surface area contributed by atoms with Gasteiger partial charge in [-0.2, -0.15) is 5.26 Å². The maximum atomic E-state index is 9.19. The van der Waals surface area contributed by atoms with E-state index in [0.717, 1.165) is 38.0 Å². The van der Waals surface area contributed by atoms with E-state index in [9.17, 15) is 5.26 Å². The van der Waals surface area contributed by atoms with E-state index in [1.165, 1.54) is 10.9 Å². The van der Waals surface area contributed by atoms with Gasteiger partial charge in [-0.1, -0.05) is 24.3 Å². The van der Waals surface area contributed by atoms with Gasteiger partial charge < -0.3 is 0 Å². The Labute approximate surface area is 119 Å². The molecule has 0 N–H and O–H groups in total. The molecule has 2 heterocycles. The predicted octanol–water partition coefficient (Wildman–Crippen LogP) is 3.36. The minimum atomic E-state index is -0.131. The van der Waals surface area contributed by atoms with Crippen LogP contribution in [-0.2, 0) is 6.54 Å². The van der Waals surface area contributed by atoms with Crippen LogP contribution in [0.25, 0.3) is 10.9 Å². The Morgan fingerprint density at radius 2 is 2.00 bits per heavy atom. The number of nitrogens with zero attached hydrogens (tertiary/aromatic N) is 3. The number of hydrogen-bond donors (Lipinski definition) is 0. The molecule has 0 aliphatic carbocycles. The van der Waals surface area contributed by atoms with Crippen molar-refractivity contribution in [2.24, 2.45) is 5.41 Å². The van der Waals surface area contributed by atoms with Crippen LogP contribution < -0.4 is 0 Å². The zero-order chi connectivity index (χ0) is 14.0. The summed E-state index contributed by atoms with van der Waals surface area (Å²) in [6, 6.07) is 12.9. The highest BCUT2D eigenvalue weighted by Crippen LogP contribution is 2.30. The summed E-state index contributed by atoms with van der Waals surface area (Å²) in [5, 5.41) is 10.4. The van der Waals surface area contributed by atoms with Crippen molar-refractivity contribution < 1.29 is 0 Å². The molecule has 20 heavy (non-hydrogen) atoms. The summed E-state index contributed by atoms with van der Waals surface area (Å²) < 4.78 is 0. The third kappa shape index (κ3) is 2.52. The van der Waals surface area contributed by atoms with E-state index in [0.29, 0.717) is 0 Å². The molecular formula is C17H19N3. The molecule has 1 aromatic carbocycles. The van der Waals surface area contributed by atoms with E-state index in [1.54, 1.807) is 0 Å². The predicted molar refractivity (Wildman–Crippen MR) is 80.0 cm³/mol. The molecule has 0 spiro atoms. The lowest BCUT2D eigenvalue weighted by Crippen LogP contribution is -2.37. The SMILES string of the molecule is CC1(C#N)CCN(Cc2cccc3cccnc23)CC1. The molecule has 1 aliphatic rings. The largest absolute Gasteiger partial charge is 0.299 e. The van der Waals surface area contributed by atoms with Gasteiger partial charge in [-0.3, -0.25) is 9.88 Å². The summed E-state index contributed by atoms with van der Waals surface area (Å²) in [5.41, 5.74) is 2.25. The molecule has 102 valence electrons. The molecule has 1 saturated heterocycles. The van der Waals surface area contributed by atoms with Gasteiger partial charge in [-0.25, -0.2) is 0 Å². The maximum absolute atomic E-state index is 9.19. The number of para-hydroxylation sites is 1. The van der Waals surface area contributed by atoms with E-state index >= 15 is 0 Å². The summed E-state index contributed by atoms with van der Waals surface area (Å²) in [6.07, 6.45) is 3.78. The maximum Gasteiger partial charge on any atom is 0.0746 e. The van der Waals surface area contributed by atoms with Crippen molar-refractivity contribution in [2.45, 2.75) is 26.3 Å². The molecular weight excluding hydrogens is 246 g/mol. The molecule has 0 saturated carbocycles. The van der Waals surface area contributed by atoms with Crippen LogP contribution >= 0.6 is 0 Å². The molecule has 0 amide bonds. The molecule has 1 aliphatic heterocycles. The van der Waals surface area contributed by atoms with Gasteiger partial charge in [-0.15, -0.1) is 0 Å². The van der Waals surface area contributed by atoms with Crippen LogP contribution in [-0.4, -0.2) is 23.0 Å².